The monoisotopic (exact) mass is 517 g/mol. The number of thioether (sulfide) groups is 1. The Balaban J connectivity index is 1.65. The van der Waals surface area contributed by atoms with Crippen molar-refractivity contribution in [2.45, 2.75) is 41.2 Å². The minimum Gasteiger partial charge on any atom is -0.481 e. The van der Waals surface area contributed by atoms with Gasteiger partial charge in [-0.25, -0.2) is 13.6 Å². The number of carbonyl (C=O) groups is 3. The summed E-state index contributed by atoms with van der Waals surface area (Å²) in [7, 11) is -3.82. The van der Waals surface area contributed by atoms with Gasteiger partial charge in [0, 0.05) is 16.3 Å². The zero-order valence-corrected chi connectivity index (χ0v) is 20.6. The molecule has 0 heterocycles. The average molecular weight is 518 g/mol. The Kier molecular flexibility index (Phi) is 8.71. The van der Waals surface area contributed by atoms with E-state index in [9.17, 15) is 27.9 Å². The van der Waals surface area contributed by atoms with Gasteiger partial charge in [0.2, 0.25) is 21.8 Å². The number of hydrogen-bond donors (Lipinski definition) is 4. The summed E-state index contributed by atoms with van der Waals surface area (Å²) in [6.45, 7) is 1.87. The van der Waals surface area contributed by atoms with Gasteiger partial charge in [0.25, 0.3) is 0 Å². The van der Waals surface area contributed by atoms with Gasteiger partial charge in [-0.15, -0.1) is 11.8 Å². The number of carboxylic acids is 1. The molecule has 35 heavy (non-hydrogen) atoms. The number of sulfonamides is 1. The van der Waals surface area contributed by atoms with E-state index in [1.807, 2.05) is 19.1 Å². The second kappa shape index (κ2) is 11.5. The summed E-state index contributed by atoms with van der Waals surface area (Å²) in [4.78, 5) is 37.7. The molecule has 0 spiro atoms. The van der Waals surface area contributed by atoms with Gasteiger partial charge >= 0.3 is 5.97 Å². The normalized spacial score (nSPS) is 18.5. The third-order valence-electron chi connectivity index (χ3n) is 5.58. The van der Waals surface area contributed by atoms with Crippen LogP contribution in [0.15, 0.2) is 70.5 Å². The molecule has 186 valence electrons. The molecule has 0 radical (unpaired) electrons. The largest absolute Gasteiger partial charge is 0.481 e. The summed E-state index contributed by atoms with van der Waals surface area (Å²) in [6, 6.07) is 12.6. The van der Waals surface area contributed by atoms with Gasteiger partial charge in [-0.05, 0) is 61.7 Å². The Morgan fingerprint density at radius 1 is 1.03 bits per heavy atom. The number of primary sulfonamides is 1. The first-order valence-corrected chi connectivity index (χ1v) is 13.4. The van der Waals surface area contributed by atoms with Crippen LogP contribution in [0.5, 0.6) is 0 Å². The van der Waals surface area contributed by atoms with Crippen LogP contribution in [-0.2, 0) is 24.4 Å². The van der Waals surface area contributed by atoms with E-state index in [-0.39, 0.29) is 16.7 Å². The summed E-state index contributed by atoms with van der Waals surface area (Å²) in [5.41, 5.74) is 0.963. The smallest absolute Gasteiger partial charge is 0.307 e. The second-order valence-corrected chi connectivity index (χ2v) is 10.9. The number of benzene rings is 2. The quantitative estimate of drug-likeness (QED) is 0.293. The van der Waals surface area contributed by atoms with Crippen LogP contribution in [0.4, 0.5) is 11.4 Å². The van der Waals surface area contributed by atoms with E-state index in [2.05, 4.69) is 10.6 Å². The number of nitrogens with one attached hydrogen (secondary N) is 2. The van der Waals surface area contributed by atoms with Crippen molar-refractivity contribution in [1.82, 2.24) is 0 Å². The molecule has 1 aliphatic rings. The molecular weight excluding hydrogens is 490 g/mol. The van der Waals surface area contributed by atoms with E-state index in [0.29, 0.717) is 30.6 Å². The van der Waals surface area contributed by atoms with Crippen molar-refractivity contribution in [3.05, 3.63) is 60.7 Å². The van der Waals surface area contributed by atoms with Gasteiger partial charge in [-0.3, -0.25) is 14.4 Å². The van der Waals surface area contributed by atoms with Gasteiger partial charge in [0.15, 0.2) is 0 Å². The zero-order valence-electron chi connectivity index (χ0n) is 19.0. The molecule has 2 amide bonds. The number of amides is 2. The maximum atomic E-state index is 12.8. The number of aliphatic carboxylic acids is 1. The molecule has 0 saturated heterocycles. The van der Waals surface area contributed by atoms with E-state index in [0.717, 1.165) is 4.90 Å². The van der Waals surface area contributed by atoms with Gasteiger partial charge in [0.1, 0.15) is 0 Å². The summed E-state index contributed by atoms with van der Waals surface area (Å²) in [5.74, 6) is -3.01. The number of anilines is 2. The molecule has 3 rings (SSSR count). The average Bonchev–Trinajstić information content (AvgIpc) is 2.82. The molecular formula is C24H27N3O6S2. The SMILES string of the molecule is CCC(Sc1cccc(NC(=O)C2CC=CCC2C(=O)O)c1)C(=O)Nc1ccc(S(N)(=O)=O)cc1. The summed E-state index contributed by atoms with van der Waals surface area (Å²) < 4.78 is 22.8. The Hall–Kier alpha value is -3.15. The molecule has 3 atom stereocenters. The topological polar surface area (TPSA) is 156 Å². The maximum Gasteiger partial charge on any atom is 0.307 e. The Morgan fingerprint density at radius 2 is 1.69 bits per heavy atom. The van der Waals surface area contributed by atoms with Crippen LogP contribution >= 0.6 is 11.8 Å². The van der Waals surface area contributed by atoms with Crippen LogP contribution < -0.4 is 15.8 Å². The van der Waals surface area contributed by atoms with Crippen LogP contribution in [0.25, 0.3) is 0 Å². The van der Waals surface area contributed by atoms with Crippen molar-refractivity contribution >= 4 is 50.9 Å². The fourth-order valence-electron chi connectivity index (χ4n) is 3.70. The number of hydrogen-bond acceptors (Lipinski definition) is 6. The van der Waals surface area contributed by atoms with Crippen molar-refractivity contribution in [3.63, 3.8) is 0 Å². The van der Waals surface area contributed by atoms with E-state index in [1.54, 1.807) is 24.3 Å². The fourth-order valence-corrected chi connectivity index (χ4v) is 5.22. The van der Waals surface area contributed by atoms with Crippen molar-refractivity contribution in [3.8, 4) is 0 Å². The lowest BCUT2D eigenvalue weighted by molar-refractivity contribution is -0.146. The highest BCUT2D eigenvalue weighted by Gasteiger charge is 2.34. The van der Waals surface area contributed by atoms with Gasteiger partial charge in [-0.2, -0.15) is 0 Å². The minimum absolute atomic E-state index is 0.0466. The molecule has 9 nitrogen and oxygen atoms in total. The van der Waals surface area contributed by atoms with Crippen molar-refractivity contribution in [2.75, 3.05) is 10.6 Å². The molecule has 0 aliphatic heterocycles. The molecule has 0 bridgehead atoms. The molecule has 3 unspecified atom stereocenters. The molecule has 1 aliphatic carbocycles. The van der Waals surface area contributed by atoms with Gasteiger partial charge < -0.3 is 15.7 Å². The molecule has 0 saturated carbocycles. The first kappa shape index (κ1) is 26.5. The van der Waals surface area contributed by atoms with Crippen LogP contribution in [0, 0.1) is 11.8 Å². The highest BCUT2D eigenvalue weighted by Crippen LogP contribution is 2.30. The van der Waals surface area contributed by atoms with Gasteiger partial charge in [-0.1, -0.05) is 25.1 Å². The highest BCUT2D eigenvalue weighted by atomic mass is 32.2. The van der Waals surface area contributed by atoms with Crippen LogP contribution in [0.3, 0.4) is 0 Å². The van der Waals surface area contributed by atoms with Crippen molar-refractivity contribution in [2.24, 2.45) is 17.0 Å². The second-order valence-electron chi connectivity index (χ2n) is 8.08. The lowest BCUT2D eigenvalue weighted by atomic mass is 9.82. The third kappa shape index (κ3) is 7.17. The molecule has 5 N–H and O–H groups in total. The molecule has 0 aromatic heterocycles. The number of allylic oxidation sites excluding steroid dienone is 2. The Bertz CT molecular complexity index is 1230. The zero-order chi connectivity index (χ0) is 25.6. The lowest BCUT2D eigenvalue weighted by Crippen LogP contribution is -2.34. The van der Waals surface area contributed by atoms with E-state index in [1.165, 1.54) is 36.0 Å². The highest BCUT2D eigenvalue weighted by molar-refractivity contribution is 8.00. The standard InChI is InChI=1S/C24H27N3O6S2/c1-2-21(23(29)26-15-10-12-18(13-11-15)35(25,32)33)34-17-7-5-6-16(14-17)27-22(28)19-8-3-4-9-20(19)24(30)31/h3-7,10-14,19-21H,2,8-9H2,1H3,(H,26,29)(H,27,28)(H,30,31)(H2,25,32,33). The molecule has 11 heteroatoms. The predicted molar refractivity (Wildman–Crippen MR) is 134 cm³/mol. The summed E-state index contributed by atoms with van der Waals surface area (Å²) in [5, 5.41) is 19.6. The number of carbonyl (C=O) groups excluding carboxylic acids is 2. The third-order valence-corrected chi connectivity index (χ3v) is 7.87. The van der Waals surface area contributed by atoms with E-state index >= 15 is 0 Å². The van der Waals surface area contributed by atoms with Crippen LogP contribution in [0.2, 0.25) is 0 Å². The maximum absolute atomic E-state index is 12.8. The minimum atomic E-state index is -3.82. The van der Waals surface area contributed by atoms with E-state index < -0.39 is 33.1 Å². The fraction of sp³-hybridized carbons (Fsp3) is 0.292. The predicted octanol–water partition coefficient (Wildman–Crippen LogP) is 3.45. The Morgan fingerprint density at radius 3 is 2.29 bits per heavy atom. The summed E-state index contributed by atoms with van der Waals surface area (Å²) >= 11 is 1.32. The molecule has 2 aromatic rings. The first-order chi connectivity index (χ1) is 16.6. The first-order valence-electron chi connectivity index (χ1n) is 11.0. The van der Waals surface area contributed by atoms with Crippen molar-refractivity contribution < 1.29 is 27.9 Å². The Labute approximate surface area is 208 Å². The molecule has 2 aromatic carbocycles. The molecule has 0 fully saturated rings. The number of rotatable bonds is 9. The van der Waals surface area contributed by atoms with Gasteiger partial charge in [0.05, 0.1) is 22.0 Å². The summed E-state index contributed by atoms with van der Waals surface area (Å²) in [6.07, 6.45) is 4.82. The van der Waals surface area contributed by atoms with Crippen molar-refractivity contribution in [1.29, 1.82) is 0 Å². The van der Waals surface area contributed by atoms with Crippen LogP contribution in [0.1, 0.15) is 26.2 Å². The van der Waals surface area contributed by atoms with Crippen LogP contribution in [-0.4, -0.2) is 36.6 Å². The lowest BCUT2D eigenvalue weighted by Gasteiger charge is -2.24. The van der Waals surface area contributed by atoms with E-state index in [4.69, 9.17) is 5.14 Å². The number of nitrogens with two attached hydrogens (primary N) is 1. The number of carboxylic acid groups (broad SMARTS) is 1.